The number of carbonyl (C=O) groups excluding carboxylic acids is 2. The highest BCUT2D eigenvalue weighted by Gasteiger charge is 2.28. The second kappa shape index (κ2) is 7.66. The van der Waals surface area contributed by atoms with Crippen LogP contribution in [0.25, 0.3) is 0 Å². The minimum absolute atomic E-state index is 0.0390. The van der Waals surface area contributed by atoms with Crippen molar-refractivity contribution in [2.24, 2.45) is 5.92 Å². The van der Waals surface area contributed by atoms with Gasteiger partial charge in [0.1, 0.15) is 5.60 Å². The Morgan fingerprint density at radius 1 is 1.19 bits per heavy atom. The monoisotopic (exact) mass is 376 g/mol. The average Bonchev–Trinajstić information content (AvgIpc) is 3.07. The summed E-state index contributed by atoms with van der Waals surface area (Å²) in [5, 5.41) is 0. The molecule has 3 rings (SSSR count). The first-order valence-corrected chi connectivity index (χ1v) is 9.36. The van der Waals surface area contributed by atoms with E-state index < -0.39 is 5.60 Å². The first kappa shape index (κ1) is 19.3. The fraction of sp³-hybridized carbons (Fsp3) is 0.600. The van der Waals surface area contributed by atoms with E-state index in [1.165, 1.54) is 0 Å². The molecular weight excluding hydrogens is 348 g/mol. The molecule has 1 aromatic rings. The molecule has 0 N–H and O–H groups in total. The summed E-state index contributed by atoms with van der Waals surface area (Å²) in [5.41, 5.74) is 0.110. The lowest BCUT2D eigenvalue weighted by molar-refractivity contribution is 0.0171. The molecule has 7 nitrogen and oxygen atoms in total. The molecule has 0 aliphatic carbocycles. The Kier molecular flexibility index (Phi) is 5.48. The van der Waals surface area contributed by atoms with Gasteiger partial charge in [-0.15, -0.1) is 0 Å². The summed E-state index contributed by atoms with van der Waals surface area (Å²) in [4.78, 5) is 28.3. The van der Waals surface area contributed by atoms with Crippen molar-refractivity contribution < 1.29 is 23.8 Å². The first-order valence-electron chi connectivity index (χ1n) is 9.36. The molecule has 0 aromatic heterocycles. The van der Waals surface area contributed by atoms with Crippen LogP contribution in [0, 0.1) is 5.92 Å². The molecule has 0 unspecified atom stereocenters. The molecule has 0 saturated carbocycles. The van der Waals surface area contributed by atoms with Crippen molar-refractivity contribution in [2.45, 2.75) is 39.2 Å². The number of fused-ring (bicyclic) bond motifs is 1. The molecule has 2 amide bonds. The van der Waals surface area contributed by atoms with Gasteiger partial charge in [0.25, 0.3) is 5.91 Å². The molecule has 27 heavy (non-hydrogen) atoms. The zero-order valence-corrected chi connectivity index (χ0v) is 16.5. The maximum Gasteiger partial charge on any atom is 0.410 e. The van der Waals surface area contributed by atoms with Crippen molar-refractivity contribution in [3.63, 3.8) is 0 Å². The van der Waals surface area contributed by atoms with Crippen LogP contribution in [-0.4, -0.2) is 60.9 Å². The predicted molar refractivity (Wildman–Crippen MR) is 100 cm³/mol. The number of hydrogen-bond acceptors (Lipinski definition) is 5. The average molecular weight is 376 g/mol. The zero-order valence-electron chi connectivity index (χ0n) is 16.5. The van der Waals surface area contributed by atoms with Crippen molar-refractivity contribution in [1.82, 2.24) is 9.80 Å². The second-order valence-electron chi connectivity index (χ2n) is 8.16. The molecule has 2 aliphatic rings. The van der Waals surface area contributed by atoms with Crippen molar-refractivity contribution in [1.29, 1.82) is 0 Å². The second-order valence-corrected chi connectivity index (χ2v) is 8.16. The van der Waals surface area contributed by atoms with Crippen LogP contribution in [-0.2, 0) is 4.74 Å². The predicted octanol–water partition coefficient (Wildman–Crippen LogP) is 3.13. The van der Waals surface area contributed by atoms with Gasteiger partial charge in [0.05, 0.1) is 0 Å². The summed E-state index contributed by atoms with van der Waals surface area (Å²) in [7, 11) is 1.81. The van der Waals surface area contributed by atoms with Crippen molar-refractivity contribution in [3.05, 3.63) is 23.8 Å². The summed E-state index contributed by atoms with van der Waals surface area (Å²) < 4.78 is 16.1. The van der Waals surface area contributed by atoms with E-state index in [4.69, 9.17) is 14.2 Å². The number of ether oxygens (including phenoxy) is 3. The van der Waals surface area contributed by atoms with E-state index in [1.54, 1.807) is 28.0 Å². The lowest BCUT2D eigenvalue weighted by Crippen LogP contribution is -2.44. The standard InChI is InChI=1S/C20H28N2O5/c1-20(2,3)27-19(24)22-9-7-14(8-10-22)12-21(4)18(23)15-5-6-16-17(11-15)26-13-25-16/h5-6,11,14H,7-10,12-13H2,1-4H3. The highest BCUT2D eigenvalue weighted by Crippen LogP contribution is 2.33. The van der Waals surface area contributed by atoms with Crippen LogP contribution < -0.4 is 9.47 Å². The Balaban J connectivity index is 1.50. The van der Waals surface area contributed by atoms with Crippen LogP contribution in [0.4, 0.5) is 4.79 Å². The van der Waals surface area contributed by atoms with Gasteiger partial charge in [-0.2, -0.15) is 0 Å². The topological polar surface area (TPSA) is 68.3 Å². The Hall–Kier alpha value is -2.44. The minimum atomic E-state index is -0.481. The van der Waals surface area contributed by atoms with Crippen LogP contribution in [0.5, 0.6) is 11.5 Å². The molecule has 148 valence electrons. The SMILES string of the molecule is CN(CC1CCN(C(=O)OC(C)(C)C)CC1)C(=O)c1ccc2c(c1)OCO2. The van der Waals surface area contributed by atoms with E-state index in [0.717, 1.165) is 12.8 Å². The van der Waals surface area contributed by atoms with Gasteiger partial charge < -0.3 is 24.0 Å². The van der Waals surface area contributed by atoms with Gasteiger partial charge >= 0.3 is 6.09 Å². The molecule has 7 heteroatoms. The number of likely N-dealkylation sites (tertiary alicyclic amines) is 1. The third kappa shape index (κ3) is 4.84. The summed E-state index contributed by atoms with van der Waals surface area (Å²) in [6.07, 6.45) is 1.46. The van der Waals surface area contributed by atoms with E-state index in [2.05, 4.69) is 0 Å². The Morgan fingerprint density at radius 2 is 1.85 bits per heavy atom. The van der Waals surface area contributed by atoms with E-state index >= 15 is 0 Å². The van der Waals surface area contributed by atoms with Gasteiger partial charge in [0, 0.05) is 32.2 Å². The number of nitrogens with zero attached hydrogens (tertiary/aromatic N) is 2. The number of hydrogen-bond donors (Lipinski definition) is 0. The molecule has 0 bridgehead atoms. The van der Waals surface area contributed by atoms with Gasteiger partial charge in [-0.25, -0.2) is 4.79 Å². The Labute approximate surface area is 160 Å². The number of piperidine rings is 1. The third-order valence-corrected chi connectivity index (χ3v) is 4.76. The van der Waals surface area contributed by atoms with Gasteiger partial charge in [-0.1, -0.05) is 0 Å². The third-order valence-electron chi connectivity index (χ3n) is 4.76. The molecule has 1 aromatic carbocycles. The molecule has 1 fully saturated rings. The van der Waals surface area contributed by atoms with Gasteiger partial charge in [-0.05, 0) is 57.7 Å². The number of benzene rings is 1. The van der Waals surface area contributed by atoms with Crippen LogP contribution >= 0.6 is 0 Å². The van der Waals surface area contributed by atoms with Crippen LogP contribution in [0.1, 0.15) is 44.0 Å². The smallest absolute Gasteiger partial charge is 0.410 e. The lowest BCUT2D eigenvalue weighted by Gasteiger charge is -2.34. The minimum Gasteiger partial charge on any atom is -0.454 e. The number of rotatable bonds is 3. The van der Waals surface area contributed by atoms with Crippen LogP contribution in [0.3, 0.4) is 0 Å². The lowest BCUT2D eigenvalue weighted by atomic mass is 9.96. The largest absolute Gasteiger partial charge is 0.454 e. The molecule has 2 aliphatic heterocycles. The summed E-state index contributed by atoms with van der Waals surface area (Å²) >= 11 is 0. The maximum absolute atomic E-state index is 12.7. The maximum atomic E-state index is 12.7. The Bertz CT molecular complexity index is 705. The van der Waals surface area contributed by atoms with Gasteiger partial charge in [0.15, 0.2) is 11.5 Å². The van der Waals surface area contributed by atoms with E-state index in [1.807, 2.05) is 27.8 Å². The quantitative estimate of drug-likeness (QED) is 0.811. The zero-order chi connectivity index (χ0) is 19.6. The number of carbonyl (C=O) groups is 2. The van der Waals surface area contributed by atoms with E-state index in [-0.39, 0.29) is 18.8 Å². The van der Waals surface area contributed by atoms with Crippen molar-refractivity contribution >= 4 is 12.0 Å². The molecule has 0 spiro atoms. The fourth-order valence-corrected chi connectivity index (χ4v) is 3.34. The molecule has 0 radical (unpaired) electrons. The summed E-state index contributed by atoms with van der Waals surface area (Å²) in [6, 6.07) is 5.26. The Morgan fingerprint density at radius 3 is 2.52 bits per heavy atom. The summed E-state index contributed by atoms with van der Waals surface area (Å²) in [6.45, 7) is 7.78. The fourth-order valence-electron chi connectivity index (χ4n) is 3.34. The van der Waals surface area contributed by atoms with E-state index in [0.29, 0.717) is 42.6 Å². The normalized spacial score (nSPS) is 17.0. The van der Waals surface area contributed by atoms with Crippen molar-refractivity contribution in [3.8, 4) is 11.5 Å². The molecular formula is C20H28N2O5. The summed E-state index contributed by atoms with van der Waals surface area (Å²) in [5.74, 6) is 1.61. The first-order chi connectivity index (χ1) is 12.7. The van der Waals surface area contributed by atoms with E-state index in [9.17, 15) is 9.59 Å². The van der Waals surface area contributed by atoms with Crippen LogP contribution in [0.15, 0.2) is 18.2 Å². The van der Waals surface area contributed by atoms with Gasteiger partial charge in [0.2, 0.25) is 6.79 Å². The highest BCUT2D eigenvalue weighted by atomic mass is 16.7. The van der Waals surface area contributed by atoms with Crippen LogP contribution in [0.2, 0.25) is 0 Å². The molecule has 1 saturated heterocycles. The molecule has 0 atom stereocenters. The number of amides is 2. The van der Waals surface area contributed by atoms with Crippen molar-refractivity contribution in [2.75, 3.05) is 33.5 Å². The molecule has 2 heterocycles. The highest BCUT2D eigenvalue weighted by molar-refractivity contribution is 5.94. The van der Waals surface area contributed by atoms with Gasteiger partial charge in [-0.3, -0.25) is 4.79 Å².